The number of hydrogen-bond donors (Lipinski definition) is 1. The minimum Gasteiger partial charge on any atom is -0.381 e. The van der Waals surface area contributed by atoms with Gasteiger partial charge >= 0.3 is 0 Å². The maximum Gasteiger partial charge on any atom is 0.181 e. The molecule has 0 amide bonds. The molecule has 1 aliphatic rings. The van der Waals surface area contributed by atoms with Crippen LogP contribution in [0.1, 0.15) is 18.3 Å². The van der Waals surface area contributed by atoms with Crippen LogP contribution >= 0.6 is 0 Å². The van der Waals surface area contributed by atoms with Gasteiger partial charge in [-0.05, 0) is 25.1 Å². The molecule has 0 spiro atoms. The number of halogens is 3. The summed E-state index contributed by atoms with van der Waals surface area (Å²) in [5.41, 5.74) is -1.22. The first-order chi connectivity index (χ1) is 16.3. The Morgan fingerprint density at radius 1 is 1.09 bits per heavy atom. The molecule has 5 rings (SSSR count). The predicted octanol–water partition coefficient (Wildman–Crippen LogP) is 2.75. The molecule has 2 atom stereocenters. The number of aromatic nitrogens is 6. The Kier molecular flexibility index (Phi) is 5.66. The molecule has 0 saturated heterocycles. The zero-order valence-corrected chi connectivity index (χ0v) is 18.3. The monoisotopic (exact) mass is 469 g/mol. The van der Waals surface area contributed by atoms with E-state index in [1.54, 1.807) is 23.7 Å². The van der Waals surface area contributed by atoms with Crippen molar-refractivity contribution in [1.29, 1.82) is 0 Å². The van der Waals surface area contributed by atoms with Crippen LogP contribution in [-0.4, -0.2) is 52.1 Å². The van der Waals surface area contributed by atoms with Crippen molar-refractivity contribution in [2.75, 3.05) is 6.54 Å². The van der Waals surface area contributed by atoms with E-state index in [2.05, 4.69) is 20.2 Å². The van der Waals surface area contributed by atoms with E-state index in [0.29, 0.717) is 36.8 Å². The molecule has 0 bridgehead atoms. The average molecular weight is 469 g/mol. The van der Waals surface area contributed by atoms with Crippen LogP contribution < -0.4 is 0 Å². The first kappa shape index (κ1) is 22.2. The molecule has 3 heterocycles. The van der Waals surface area contributed by atoms with Crippen molar-refractivity contribution in [3.8, 4) is 11.4 Å². The summed E-state index contributed by atoms with van der Waals surface area (Å²) in [6.45, 7) is 3.00. The van der Waals surface area contributed by atoms with Crippen molar-refractivity contribution in [2.45, 2.75) is 38.2 Å². The van der Waals surface area contributed by atoms with Gasteiger partial charge in [-0.2, -0.15) is 10.2 Å². The van der Waals surface area contributed by atoms with Crippen molar-refractivity contribution in [1.82, 2.24) is 34.4 Å². The molecule has 11 heteroatoms. The van der Waals surface area contributed by atoms with Gasteiger partial charge in [0.05, 0.1) is 19.6 Å². The van der Waals surface area contributed by atoms with Crippen LogP contribution in [0.5, 0.6) is 0 Å². The van der Waals surface area contributed by atoms with Gasteiger partial charge in [0.1, 0.15) is 41.5 Å². The average Bonchev–Trinajstić information content (AvgIpc) is 3.47. The second kappa shape index (κ2) is 8.65. The van der Waals surface area contributed by atoms with Crippen molar-refractivity contribution in [3.63, 3.8) is 0 Å². The SMILES string of the molecule is C[C@@H](N1CCn2nc(-c3cccc(F)c3)nc2C1)[C@](O)(Cn1cncn1)c1ccc(F)cc1F. The van der Waals surface area contributed by atoms with Crippen LogP contribution in [-0.2, 0) is 25.2 Å². The fourth-order valence-electron chi connectivity index (χ4n) is 4.38. The van der Waals surface area contributed by atoms with E-state index in [1.807, 2.05) is 4.90 Å². The molecule has 0 unspecified atom stereocenters. The molecule has 0 saturated carbocycles. The molecule has 2 aromatic heterocycles. The van der Waals surface area contributed by atoms with Crippen molar-refractivity contribution in [2.24, 2.45) is 0 Å². The Labute approximate surface area is 193 Å². The van der Waals surface area contributed by atoms with Gasteiger partial charge in [0.2, 0.25) is 0 Å². The maximum atomic E-state index is 14.8. The lowest BCUT2D eigenvalue weighted by molar-refractivity contribution is -0.0714. The normalized spacial score (nSPS) is 16.7. The summed E-state index contributed by atoms with van der Waals surface area (Å²) in [4.78, 5) is 10.4. The lowest BCUT2D eigenvalue weighted by Crippen LogP contribution is -2.53. The van der Waals surface area contributed by atoms with E-state index < -0.39 is 23.3 Å². The van der Waals surface area contributed by atoms with Gasteiger partial charge in [-0.15, -0.1) is 0 Å². The van der Waals surface area contributed by atoms with E-state index >= 15 is 0 Å². The second-order valence-electron chi connectivity index (χ2n) is 8.37. The third-order valence-electron chi connectivity index (χ3n) is 6.28. The lowest BCUT2D eigenvalue weighted by Gasteiger charge is -2.42. The zero-order valence-electron chi connectivity index (χ0n) is 18.3. The minimum absolute atomic E-state index is 0.0376. The number of rotatable bonds is 6. The smallest absolute Gasteiger partial charge is 0.181 e. The van der Waals surface area contributed by atoms with Gasteiger partial charge in [0.15, 0.2) is 5.82 Å². The molecule has 0 aliphatic carbocycles. The van der Waals surface area contributed by atoms with Crippen LogP contribution in [0.2, 0.25) is 0 Å². The highest BCUT2D eigenvalue weighted by Gasteiger charge is 2.43. The first-order valence-electron chi connectivity index (χ1n) is 10.8. The van der Waals surface area contributed by atoms with Gasteiger partial charge in [0, 0.05) is 29.8 Å². The molecule has 0 radical (unpaired) electrons. The Hall–Kier alpha value is -3.57. The van der Waals surface area contributed by atoms with E-state index in [9.17, 15) is 18.3 Å². The minimum atomic E-state index is -1.75. The van der Waals surface area contributed by atoms with Crippen LogP contribution in [0.3, 0.4) is 0 Å². The highest BCUT2D eigenvalue weighted by atomic mass is 19.1. The summed E-state index contributed by atoms with van der Waals surface area (Å²) in [6, 6.07) is 8.58. The maximum absolute atomic E-state index is 14.8. The molecule has 34 heavy (non-hydrogen) atoms. The summed E-state index contributed by atoms with van der Waals surface area (Å²) in [6.07, 6.45) is 2.75. The summed E-state index contributed by atoms with van der Waals surface area (Å²) in [7, 11) is 0. The Morgan fingerprint density at radius 2 is 1.91 bits per heavy atom. The Bertz CT molecular complexity index is 1310. The highest BCUT2D eigenvalue weighted by Crippen LogP contribution is 2.34. The fourth-order valence-corrected chi connectivity index (χ4v) is 4.38. The Morgan fingerprint density at radius 3 is 2.65 bits per heavy atom. The van der Waals surface area contributed by atoms with Crippen LogP contribution in [0.4, 0.5) is 13.2 Å². The van der Waals surface area contributed by atoms with Gasteiger partial charge in [-0.3, -0.25) is 4.90 Å². The van der Waals surface area contributed by atoms with Gasteiger partial charge < -0.3 is 5.11 Å². The van der Waals surface area contributed by atoms with Crippen molar-refractivity contribution in [3.05, 3.63) is 84.0 Å². The Balaban J connectivity index is 1.46. The fraction of sp³-hybridized carbons (Fsp3) is 0.304. The van der Waals surface area contributed by atoms with E-state index in [1.165, 1.54) is 35.5 Å². The third-order valence-corrected chi connectivity index (χ3v) is 6.28. The molecule has 4 aromatic rings. The molecule has 1 aliphatic heterocycles. The second-order valence-corrected chi connectivity index (χ2v) is 8.37. The molecule has 2 aromatic carbocycles. The van der Waals surface area contributed by atoms with Crippen LogP contribution in [0.25, 0.3) is 11.4 Å². The van der Waals surface area contributed by atoms with E-state index in [-0.39, 0.29) is 17.9 Å². The summed E-state index contributed by atoms with van der Waals surface area (Å²) in [5, 5.41) is 20.4. The molecule has 8 nitrogen and oxygen atoms in total. The topological polar surface area (TPSA) is 84.9 Å². The molecule has 176 valence electrons. The van der Waals surface area contributed by atoms with Crippen molar-refractivity contribution < 1.29 is 18.3 Å². The molecular weight excluding hydrogens is 447 g/mol. The van der Waals surface area contributed by atoms with Gasteiger partial charge in [-0.1, -0.05) is 18.2 Å². The zero-order chi connectivity index (χ0) is 23.9. The molecular formula is C23H22F3N7O. The lowest BCUT2D eigenvalue weighted by atomic mass is 9.85. The number of fused-ring (bicyclic) bond motifs is 1. The highest BCUT2D eigenvalue weighted by molar-refractivity contribution is 5.54. The summed E-state index contributed by atoms with van der Waals surface area (Å²) >= 11 is 0. The number of aliphatic hydroxyl groups is 1. The largest absolute Gasteiger partial charge is 0.381 e. The van der Waals surface area contributed by atoms with Crippen LogP contribution in [0.15, 0.2) is 55.1 Å². The molecule has 1 N–H and O–H groups in total. The number of hydrogen-bond acceptors (Lipinski definition) is 6. The summed E-state index contributed by atoms with van der Waals surface area (Å²) in [5.74, 6) is -0.900. The quantitative estimate of drug-likeness (QED) is 0.468. The predicted molar refractivity (Wildman–Crippen MR) is 116 cm³/mol. The van der Waals surface area contributed by atoms with Gasteiger partial charge in [0.25, 0.3) is 0 Å². The standard InChI is InChI=1S/C23H22F3N7O/c1-15(23(34,12-32-14-27-13-28-32)19-6-5-18(25)10-20(19)26)31-7-8-33-21(11-31)29-22(30-33)16-3-2-4-17(24)9-16/h2-6,9-10,13-15,34H,7-8,11-12H2,1H3/t15-,23-/m1/s1. The van der Waals surface area contributed by atoms with E-state index in [4.69, 9.17) is 0 Å². The third kappa shape index (κ3) is 4.08. The van der Waals surface area contributed by atoms with Crippen LogP contribution in [0, 0.1) is 17.5 Å². The van der Waals surface area contributed by atoms with E-state index in [0.717, 1.165) is 12.1 Å². The summed E-state index contributed by atoms with van der Waals surface area (Å²) < 4.78 is 45.2. The van der Waals surface area contributed by atoms with Crippen molar-refractivity contribution >= 4 is 0 Å². The number of benzene rings is 2. The first-order valence-corrected chi connectivity index (χ1v) is 10.8. The number of nitrogens with zero attached hydrogens (tertiary/aromatic N) is 7. The van der Waals surface area contributed by atoms with Gasteiger partial charge in [-0.25, -0.2) is 32.5 Å². The molecule has 0 fully saturated rings.